The Morgan fingerprint density at radius 3 is 2.63 bits per heavy atom. The van der Waals surface area contributed by atoms with Crippen LogP contribution in [-0.4, -0.2) is 30.8 Å². The maximum atomic E-state index is 10.5. The zero-order valence-electron chi connectivity index (χ0n) is 12.2. The van der Waals surface area contributed by atoms with E-state index in [0.717, 1.165) is 45.3 Å². The van der Waals surface area contributed by atoms with E-state index in [2.05, 4.69) is 48.5 Å². The van der Waals surface area contributed by atoms with Crippen molar-refractivity contribution in [2.75, 3.05) is 25.0 Å². The second-order valence-electron chi connectivity index (χ2n) is 5.70. The topological polar surface area (TPSA) is 35.5 Å². The number of rotatable bonds is 6. The Kier molecular flexibility index (Phi) is 4.83. The van der Waals surface area contributed by atoms with Crippen molar-refractivity contribution >= 4 is 5.69 Å². The van der Waals surface area contributed by atoms with Crippen LogP contribution in [0.15, 0.2) is 24.3 Å². The van der Waals surface area contributed by atoms with E-state index in [0.29, 0.717) is 0 Å². The third-order valence-electron chi connectivity index (χ3n) is 4.03. The standard InChI is InChI=1S/C16H26N2O/c1-3-17-12-14-8-4-5-9-15(14)18(2)13-16(19)10-6-7-11-16/h4-5,8-9,17,19H,3,6-7,10-13H2,1-2H3. The summed E-state index contributed by atoms with van der Waals surface area (Å²) >= 11 is 0. The summed E-state index contributed by atoms with van der Waals surface area (Å²) < 4.78 is 0. The molecule has 0 unspecified atom stereocenters. The molecule has 1 aliphatic carbocycles. The van der Waals surface area contributed by atoms with Crippen molar-refractivity contribution in [3.8, 4) is 0 Å². The van der Waals surface area contributed by atoms with Gasteiger partial charge in [-0.15, -0.1) is 0 Å². The van der Waals surface area contributed by atoms with Crippen LogP contribution in [0.4, 0.5) is 5.69 Å². The first-order chi connectivity index (χ1) is 9.14. The molecule has 0 aromatic heterocycles. The van der Waals surface area contributed by atoms with E-state index in [1.807, 2.05) is 0 Å². The molecule has 1 saturated carbocycles. The molecule has 1 fully saturated rings. The van der Waals surface area contributed by atoms with Gasteiger partial charge in [0.15, 0.2) is 0 Å². The molecule has 0 heterocycles. The third kappa shape index (κ3) is 3.71. The van der Waals surface area contributed by atoms with Crippen molar-refractivity contribution in [2.24, 2.45) is 0 Å². The van der Waals surface area contributed by atoms with Crippen LogP contribution in [0.3, 0.4) is 0 Å². The number of para-hydroxylation sites is 1. The molecule has 1 aliphatic rings. The van der Waals surface area contributed by atoms with Gasteiger partial charge < -0.3 is 15.3 Å². The highest BCUT2D eigenvalue weighted by atomic mass is 16.3. The molecule has 0 saturated heterocycles. The minimum atomic E-state index is -0.486. The summed E-state index contributed by atoms with van der Waals surface area (Å²) in [6.45, 7) is 4.71. The average molecular weight is 262 g/mol. The quantitative estimate of drug-likeness (QED) is 0.827. The second kappa shape index (κ2) is 6.40. The number of benzene rings is 1. The van der Waals surface area contributed by atoms with Crippen LogP contribution in [0.2, 0.25) is 0 Å². The summed E-state index contributed by atoms with van der Waals surface area (Å²) in [6.07, 6.45) is 4.19. The predicted octanol–water partition coefficient (Wildman–Crippen LogP) is 2.54. The lowest BCUT2D eigenvalue weighted by atomic mass is 10.0. The van der Waals surface area contributed by atoms with Gasteiger partial charge in [0.25, 0.3) is 0 Å². The van der Waals surface area contributed by atoms with Crippen LogP contribution in [0.25, 0.3) is 0 Å². The Morgan fingerprint density at radius 2 is 1.95 bits per heavy atom. The SMILES string of the molecule is CCNCc1ccccc1N(C)CC1(O)CCCC1. The molecule has 19 heavy (non-hydrogen) atoms. The van der Waals surface area contributed by atoms with Crippen molar-refractivity contribution in [1.29, 1.82) is 0 Å². The van der Waals surface area contributed by atoms with E-state index < -0.39 is 5.60 Å². The van der Waals surface area contributed by atoms with Crippen molar-refractivity contribution in [3.05, 3.63) is 29.8 Å². The number of hydrogen-bond acceptors (Lipinski definition) is 3. The Balaban J connectivity index is 2.07. The van der Waals surface area contributed by atoms with Crippen LogP contribution in [0, 0.1) is 0 Å². The average Bonchev–Trinajstić information content (AvgIpc) is 2.83. The maximum absolute atomic E-state index is 10.5. The van der Waals surface area contributed by atoms with Gasteiger partial charge in [0.2, 0.25) is 0 Å². The zero-order valence-corrected chi connectivity index (χ0v) is 12.2. The van der Waals surface area contributed by atoms with Gasteiger partial charge in [-0.25, -0.2) is 0 Å². The van der Waals surface area contributed by atoms with Crippen LogP contribution < -0.4 is 10.2 Å². The number of nitrogens with one attached hydrogen (secondary N) is 1. The summed E-state index contributed by atoms with van der Waals surface area (Å²) in [5, 5.41) is 13.9. The molecule has 0 amide bonds. The zero-order chi connectivity index (χ0) is 13.7. The first-order valence-corrected chi connectivity index (χ1v) is 7.37. The lowest BCUT2D eigenvalue weighted by molar-refractivity contribution is 0.0559. The molecule has 1 aromatic carbocycles. The molecular weight excluding hydrogens is 236 g/mol. The van der Waals surface area contributed by atoms with Gasteiger partial charge in [-0.2, -0.15) is 0 Å². The molecule has 0 bridgehead atoms. The van der Waals surface area contributed by atoms with Crippen LogP contribution >= 0.6 is 0 Å². The van der Waals surface area contributed by atoms with Gasteiger partial charge >= 0.3 is 0 Å². The highest BCUT2D eigenvalue weighted by Crippen LogP contribution is 2.31. The van der Waals surface area contributed by atoms with E-state index in [-0.39, 0.29) is 0 Å². The van der Waals surface area contributed by atoms with Gasteiger partial charge in [0, 0.05) is 25.8 Å². The fraction of sp³-hybridized carbons (Fsp3) is 0.625. The highest BCUT2D eigenvalue weighted by molar-refractivity contribution is 5.53. The molecule has 3 heteroatoms. The molecule has 3 nitrogen and oxygen atoms in total. The number of likely N-dealkylation sites (N-methyl/N-ethyl adjacent to an activating group) is 1. The maximum Gasteiger partial charge on any atom is 0.0821 e. The van der Waals surface area contributed by atoms with E-state index in [1.54, 1.807) is 0 Å². The first kappa shape index (κ1) is 14.4. The van der Waals surface area contributed by atoms with E-state index in [1.165, 1.54) is 11.3 Å². The van der Waals surface area contributed by atoms with Gasteiger partial charge in [0.05, 0.1) is 5.60 Å². The van der Waals surface area contributed by atoms with Crippen molar-refractivity contribution in [1.82, 2.24) is 5.32 Å². The molecule has 106 valence electrons. The summed E-state index contributed by atoms with van der Waals surface area (Å²) in [7, 11) is 2.08. The first-order valence-electron chi connectivity index (χ1n) is 7.37. The summed E-state index contributed by atoms with van der Waals surface area (Å²) in [4.78, 5) is 2.21. The smallest absolute Gasteiger partial charge is 0.0821 e. The second-order valence-corrected chi connectivity index (χ2v) is 5.70. The minimum absolute atomic E-state index is 0.486. The highest BCUT2D eigenvalue weighted by Gasteiger charge is 2.32. The van der Waals surface area contributed by atoms with Crippen molar-refractivity contribution in [3.63, 3.8) is 0 Å². The molecule has 2 rings (SSSR count). The monoisotopic (exact) mass is 262 g/mol. The number of aliphatic hydroxyl groups is 1. The van der Waals surface area contributed by atoms with Gasteiger partial charge in [-0.3, -0.25) is 0 Å². The lowest BCUT2D eigenvalue weighted by Gasteiger charge is -2.31. The molecule has 0 radical (unpaired) electrons. The summed E-state index contributed by atoms with van der Waals surface area (Å²) in [5.74, 6) is 0. The Morgan fingerprint density at radius 1 is 1.26 bits per heavy atom. The number of anilines is 1. The van der Waals surface area contributed by atoms with Crippen LogP contribution in [0.5, 0.6) is 0 Å². The summed E-state index contributed by atoms with van der Waals surface area (Å²) in [6, 6.07) is 8.45. The predicted molar refractivity (Wildman–Crippen MR) is 80.5 cm³/mol. The van der Waals surface area contributed by atoms with E-state index in [9.17, 15) is 5.11 Å². The number of nitrogens with zero attached hydrogens (tertiary/aromatic N) is 1. The van der Waals surface area contributed by atoms with Crippen LogP contribution in [-0.2, 0) is 6.54 Å². The molecular formula is C16H26N2O. The summed E-state index contributed by atoms with van der Waals surface area (Å²) in [5.41, 5.74) is 2.04. The van der Waals surface area contributed by atoms with E-state index in [4.69, 9.17) is 0 Å². The van der Waals surface area contributed by atoms with Gasteiger partial charge in [0.1, 0.15) is 0 Å². The third-order valence-corrected chi connectivity index (χ3v) is 4.03. The minimum Gasteiger partial charge on any atom is -0.388 e. The number of hydrogen-bond donors (Lipinski definition) is 2. The van der Waals surface area contributed by atoms with Crippen molar-refractivity contribution in [2.45, 2.75) is 44.8 Å². The van der Waals surface area contributed by atoms with Crippen molar-refractivity contribution < 1.29 is 5.11 Å². The van der Waals surface area contributed by atoms with Gasteiger partial charge in [-0.1, -0.05) is 38.0 Å². The molecule has 0 atom stereocenters. The van der Waals surface area contributed by atoms with Gasteiger partial charge in [-0.05, 0) is 31.0 Å². The molecule has 1 aromatic rings. The molecule has 2 N–H and O–H groups in total. The Hall–Kier alpha value is -1.06. The lowest BCUT2D eigenvalue weighted by Crippen LogP contribution is -2.39. The normalized spacial score (nSPS) is 17.6. The Labute approximate surface area is 116 Å². The largest absolute Gasteiger partial charge is 0.388 e. The van der Waals surface area contributed by atoms with Crippen LogP contribution in [0.1, 0.15) is 38.2 Å². The molecule has 0 spiro atoms. The fourth-order valence-electron chi connectivity index (χ4n) is 3.01. The Bertz CT molecular complexity index is 399. The van der Waals surface area contributed by atoms with E-state index >= 15 is 0 Å². The fourth-order valence-corrected chi connectivity index (χ4v) is 3.01. The molecule has 0 aliphatic heterocycles.